The molecule has 1 unspecified atom stereocenters. The van der Waals surface area contributed by atoms with Crippen LogP contribution in [-0.4, -0.2) is 20.2 Å². The standard InChI is InChI=1S/C15H21NO2S/c1-15(2,3)10-4-7-14-12(8-10)13(9-19(14,17)18)16-11-5-6-11/h4,7-8,11,13,16H,5-6,9H2,1-3H3. The number of rotatable bonds is 2. The number of sulfone groups is 1. The molecule has 3 rings (SSSR count). The van der Waals surface area contributed by atoms with E-state index in [1.165, 1.54) is 18.4 Å². The van der Waals surface area contributed by atoms with Gasteiger partial charge in [-0.25, -0.2) is 8.42 Å². The summed E-state index contributed by atoms with van der Waals surface area (Å²) in [7, 11) is -3.10. The van der Waals surface area contributed by atoms with Gasteiger partial charge in [-0.2, -0.15) is 0 Å². The minimum atomic E-state index is -3.10. The zero-order chi connectivity index (χ0) is 13.8. The Hall–Kier alpha value is -0.870. The predicted octanol–water partition coefficient (Wildman–Crippen LogP) is 2.56. The second-order valence-corrected chi connectivity index (χ2v) is 8.78. The van der Waals surface area contributed by atoms with Crippen LogP contribution in [0.3, 0.4) is 0 Å². The highest BCUT2D eigenvalue weighted by Crippen LogP contribution is 2.38. The molecule has 1 N–H and O–H groups in total. The highest BCUT2D eigenvalue weighted by molar-refractivity contribution is 7.91. The molecule has 0 bridgehead atoms. The maximum atomic E-state index is 12.2. The number of hydrogen-bond donors (Lipinski definition) is 1. The highest BCUT2D eigenvalue weighted by atomic mass is 32.2. The molecule has 1 saturated carbocycles. The maximum absolute atomic E-state index is 12.2. The van der Waals surface area contributed by atoms with Crippen molar-refractivity contribution >= 4 is 9.84 Å². The Morgan fingerprint density at radius 2 is 1.89 bits per heavy atom. The smallest absolute Gasteiger partial charge is 0.180 e. The molecular formula is C15H21NO2S. The van der Waals surface area contributed by atoms with Crippen LogP contribution in [0.1, 0.15) is 50.8 Å². The zero-order valence-corrected chi connectivity index (χ0v) is 12.5. The second kappa shape index (κ2) is 4.06. The minimum Gasteiger partial charge on any atom is -0.306 e. The van der Waals surface area contributed by atoms with Gasteiger partial charge < -0.3 is 5.32 Å². The van der Waals surface area contributed by atoms with E-state index in [-0.39, 0.29) is 17.2 Å². The number of fused-ring (bicyclic) bond motifs is 1. The Morgan fingerprint density at radius 1 is 1.21 bits per heavy atom. The molecule has 1 heterocycles. The van der Waals surface area contributed by atoms with Gasteiger partial charge in [-0.15, -0.1) is 0 Å². The van der Waals surface area contributed by atoms with E-state index in [2.05, 4.69) is 32.2 Å². The summed E-state index contributed by atoms with van der Waals surface area (Å²) in [5.41, 5.74) is 2.22. The van der Waals surface area contributed by atoms with Crippen LogP contribution in [0.2, 0.25) is 0 Å². The molecule has 4 heteroatoms. The molecule has 0 radical (unpaired) electrons. The van der Waals surface area contributed by atoms with Gasteiger partial charge in [0.1, 0.15) is 0 Å². The first-order chi connectivity index (χ1) is 8.77. The van der Waals surface area contributed by atoms with Gasteiger partial charge in [0.05, 0.1) is 10.6 Å². The highest BCUT2D eigenvalue weighted by Gasteiger charge is 2.38. The Kier molecular flexibility index (Phi) is 2.81. The first kappa shape index (κ1) is 13.1. The Bertz CT molecular complexity index is 610. The van der Waals surface area contributed by atoms with Gasteiger partial charge in [-0.05, 0) is 35.4 Å². The zero-order valence-electron chi connectivity index (χ0n) is 11.7. The fourth-order valence-corrected chi connectivity index (χ4v) is 4.37. The Morgan fingerprint density at radius 3 is 2.47 bits per heavy atom. The summed E-state index contributed by atoms with van der Waals surface area (Å²) in [5.74, 6) is 0.215. The van der Waals surface area contributed by atoms with Crippen molar-refractivity contribution in [2.75, 3.05) is 5.75 Å². The molecule has 0 aromatic heterocycles. The molecule has 1 atom stereocenters. The fraction of sp³-hybridized carbons (Fsp3) is 0.600. The van der Waals surface area contributed by atoms with E-state index in [1.54, 1.807) is 6.07 Å². The van der Waals surface area contributed by atoms with Crippen molar-refractivity contribution < 1.29 is 8.42 Å². The summed E-state index contributed by atoms with van der Waals surface area (Å²) in [5, 5.41) is 3.46. The first-order valence-electron chi connectivity index (χ1n) is 6.90. The molecule has 1 aliphatic carbocycles. The monoisotopic (exact) mass is 279 g/mol. The third kappa shape index (κ3) is 2.43. The normalized spacial score (nSPS) is 25.3. The molecule has 0 saturated heterocycles. The van der Waals surface area contributed by atoms with Gasteiger partial charge in [0.15, 0.2) is 9.84 Å². The van der Waals surface area contributed by atoms with Crippen LogP contribution in [0.15, 0.2) is 23.1 Å². The second-order valence-electron chi connectivity index (χ2n) is 6.78. The van der Waals surface area contributed by atoms with E-state index in [0.717, 1.165) is 5.56 Å². The van der Waals surface area contributed by atoms with Crippen molar-refractivity contribution in [3.05, 3.63) is 29.3 Å². The average Bonchev–Trinajstić information content (AvgIpc) is 3.05. The van der Waals surface area contributed by atoms with Gasteiger partial charge in [-0.3, -0.25) is 0 Å². The SMILES string of the molecule is CC(C)(C)c1ccc2c(c1)C(NC1CC1)CS2(=O)=O. The summed E-state index contributed by atoms with van der Waals surface area (Å²) >= 11 is 0. The van der Waals surface area contributed by atoms with Crippen LogP contribution >= 0.6 is 0 Å². The summed E-state index contributed by atoms with van der Waals surface area (Å²) in [6.07, 6.45) is 2.34. The van der Waals surface area contributed by atoms with Gasteiger partial charge in [0, 0.05) is 12.1 Å². The molecule has 3 nitrogen and oxygen atoms in total. The van der Waals surface area contributed by atoms with Crippen molar-refractivity contribution in [1.29, 1.82) is 0 Å². The van der Waals surface area contributed by atoms with Crippen molar-refractivity contribution in [3.63, 3.8) is 0 Å². The van der Waals surface area contributed by atoms with Gasteiger partial charge in [0.25, 0.3) is 0 Å². The van der Waals surface area contributed by atoms with E-state index in [4.69, 9.17) is 0 Å². The Balaban J connectivity index is 2.04. The first-order valence-corrected chi connectivity index (χ1v) is 8.56. The van der Waals surface area contributed by atoms with E-state index >= 15 is 0 Å². The summed E-state index contributed by atoms with van der Waals surface area (Å²) in [6, 6.07) is 6.33. The number of nitrogens with one attached hydrogen (secondary N) is 1. The lowest BCUT2D eigenvalue weighted by Gasteiger charge is -2.21. The molecule has 2 aliphatic rings. The minimum absolute atomic E-state index is 0.0187. The average molecular weight is 279 g/mol. The topological polar surface area (TPSA) is 46.2 Å². The molecule has 104 valence electrons. The van der Waals surface area contributed by atoms with Crippen LogP contribution < -0.4 is 5.32 Å². The quantitative estimate of drug-likeness (QED) is 0.905. The van der Waals surface area contributed by atoms with Gasteiger partial charge in [-0.1, -0.05) is 32.9 Å². The molecule has 19 heavy (non-hydrogen) atoms. The van der Waals surface area contributed by atoms with Gasteiger partial charge >= 0.3 is 0 Å². The third-order valence-corrected chi connectivity index (χ3v) is 5.80. The van der Waals surface area contributed by atoms with E-state index < -0.39 is 9.84 Å². The fourth-order valence-electron chi connectivity index (χ4n) is 2.64. The maximum Gasteiger partial charge on any atom is 0.180 e. The van der Waals surface area contributed by atoms with Crippen molar-refractivity contribution in [1.82, 2.24) is 5.32 Å². The molecule has 1 fully saturated rings. The van der Waals surface area contributed by atoms with Crippen molar-refractivity contribution in [3.8, 4) is 0 Å². The molecule has 1 aromatic carbocycles. The van der Waals surface area contributed by atoms with Crippen molar-refractivity contribution in [2.45, 2.75) is 56.0 Å². The lowest BCUT2D eigenvalue weighted by Crippen LogP contribution is -2.25. The molecule has 0 amide bonds. The number of benzene rings is 1. The molecule has 0 spiro atoms. The molecular weight excluding hydrogens is 258 g/mol. The van der Waals surface area contributed by atoms with E-state index in [0.29, 0.717) is 10.9 Å². The lowest BCUT2D eigenvalue weighted by atomic mass is 9.85. The van der Waals surface area contributed by atoms with Crippen LogP contribution in [0.4, 0.5) is 0 Å². The lowest BCUT2D eigenvalue weighted by molar-refractivity contribution is 0.559. The number of hydrogen-bond acceptors (Lipinski definition) is 3. The summed E-state index contributed by atoms with van der Waals surface area (Å²) in [6.45, 7) is 6.46. The largest absolute Gasteiger partial charge is 0.306 e. The van der Waals surface area contributed by atoms with Crippen molar-refractivity contribution in [2.24, 2.45) is 0 Å². The van der Waals surface area contributed by atoms with E-state index in [1.807, 2.05) is 6.07 Å². The van der Waals surface area contributed by atoms with E-state index in [9.17, 15) is 8.42 Å². The van der Waals surface area contributed by atoms with Crippen LogP contribution in [-0.2, 0) is 15.3 Å². The summed E-state index contributed by atoms with van der Waals surface area (Å²) < 4.78 is 24.4. The predicted molar refractivity (Wildman–Crippen MR) is 76.1 cm³/mol. The van der Waals surface area contributed by atoms with Crippen LogP contribution in [0.5, 0.6) is 0 Å². The molecule has 1 aromatic rings. The van der Waals surface area contributed by atoms with Gasteiger partial charge in [0.2, 0.25) is 0 Å². The Labute approximate surface area is 115 Å². The van der Waals surface area contributed by atoms with Crippen LogP contribution in [0.25, 0.3) is 0 Å². The van der Waals surface area contributed by atoms with Crippen LogP contribution in [0, 0.1) is 0 Å². The third-order valence-electron chi connectivity index (χ3n) is 3.99. The summed E-state index contributed by atoms with van der Waals surface area (Å²) in [4.78, 5) is 0.527. The molecule has 1 aliphatic heterocycles.